The Morgan fingerprint density at radius 3 is 2.74 bits per heavy atom. The summed E-state index contributed by atoms with van der Waals surface area (Å²) >= 11 is 7.86. The Hall–Kier alpha value is -2.59. The minimum absolute atomic E-state index is 0.0297. The number of carbonyl (C=O) groups excluding carboxylic acids is 1. The zero-order valence-corrected chi connectivity index (χ0v) is 21.8. The predicted octanol–water partition coefficient (Wildman–Crippen LogP) is 4.94. The van der Waals surface area contributed by atoms with Crippen molar-refractivity contribution in [1.29, 1.82) is 0 Å². The zero-order chi connectivity index (χ0) is 24.7. The van der Waals surface area contributed by atoms with Crippen molar-refractivity contribution < 1.29 is 14.4 Å². The van der Waals surface area contributed by atoms with Crippen molar-refractivity contribution in [2.45, 2.75) is 65.2 Å². The van der Waals surface area contributed by atoms with Crippen LogP contribution >= 0.6 is 22.9 Å². The number of ether oxygens (including phenoxy) is 1. The molecule has 35 heavy (non-hydrogen) atoms. The van der Waals surface area contributed by atoms with Gasteiger partial charge in [0.25, 0.3) is 0 Å². The summed E-state index contributed by atoms with van der Waals surface area (Å²) in [4.78, 5) is 25.0. The van der Waals surface area contributed by atoms with Crippen LogP contribution in [0.25, 0.3) is 5.00 Å². The highest BCUT2D eigenvalue weighted by molar-refractivity contribution is 7.15. The van der Waals surface area contributed by atoms with Crippen molar-refractivity contribution in [1.82, 2.24) is 20.2 Å². The predicted molar refractivity (Wildman–Crippen MR) is 135 cm³/mol. The van der Waals surface area contributed by atoms with E-state index in [0.717, 1.165) is 52.5 Å². The molecule has 2 aliphatic heterocycles. The molecule has 2 atom stereocenters. The lowest BCUT2D eigenvalue weighted by molar-refractivity contribution is -0.201. The van der Waals surface area contributed by atoms with Crippen LogP contribution in [0.2, 0.25) is 5.02 Å². The van der Waals surface area contributed by atoms with Gasteiger partial charge in [0.05, 0.1) is 12.1 Å². The number of benzene rings is 1. The molecule has 0 aliphatic carbocycles. The van der Waals surface area contributed by atoms with Crippen LogP contribution in [-0.2, 0) is 19.9 Å². The summed E-state index contributed by atoms with van der Waals surface area (Å²) < 4.78 is 7.60. The lowest BCUT2D eigenvalue weighted by Crippen LogP contribution is -2.37. The molecule has 0 bridgehead atoms. The normalized spacial score (nSPS) is 21.6. The van der Waals surface area contributed by atoms with Gasteiger partial charge in [0.2, 0.25) is 5.91 Å². The SMILES string of the molecule is Cc1sc2c(c1C)C(c1ccc(Cl)cc1)=N[C@@](C)(CC(=O)NOC1CCCCO1)c1nnc(C)n1-2. The van der Waals surface area contributed by atoms with E-state index in [9.17, 15) is 4.79 Å². The van der Waals surface area contributed by atoms with Gasteiger partial charge in [0.1, 0.15) is 16.4 Å². The van der Waals surface area contributed by atoms with Gasteiger partial charge in [-0.15, -0.1) is 21.5 Å². The second-order valence-electron chi connectivity index (χ2n) is 9.23. The first-order valence-electron chi connectivity index (χ1n) is 11.7. The van der Waals surface area contributed by atoms with Gasteiger partial charge in [-0.2, -0.15) is 0 Å². The molecule has 2 aromatic heterocycles. The molecular formula is C25H28ClN5O3S. The summed E-state index contributed by atoms with van der Waals surface area (Å²) in [5.74, 6) is 1.06. The Morgan fingerprint density at radius 2 is 2.03 bits per heavy atom. The minimum atomic E-state index is -0.990. The van der Waals surface area contributed by atoms with E-state index in [1.54, 1.807) is 11.3 Å². The van der Waals surface area contributed by atoms with E-state index in [2.05, 4.69) is 29.5 Å². The number of carbonyl (C=O) groups is 1. The summed E-state index contributed by atoms with van der Waals surface area (Å²) in [5, 5.41) is 10.5. The molecule has 3 aromatic rings. The number of halogens is 1. The second kappa shape index (κ2) is 9.46. The van der Waals surface area contributed by atoms with Gasteiger partial charge >= 0.3 is 0 Å². The lowest BCUT2D eigenvalue weighted by Gasteiger charge is -2.25. The quantitative estimate of drug-likeness (QED) is 0.488. The van der Waals surface area contributed by atoms with Crippen molar-refractivity contribution in [2.24, 2.45) is 4.99 Å². The molecule has 5 rings (SSSR count). The average molecular weight is 514 g/mol. The van der Waals surface area contributed by atoms with Crippen molar-refractivity contribution in [3.05, 3.63) is 62.5 Å². The number of aryl methyl sites for hydroxylation is 2. The van der Waals surface area contributed by atoms with Crippen molar-refractivity contribution in [3.63, 3.8) is 0 Å². The van der Waals surface area contributed by atoms with E-state index in [0.29, 0.717) is 17.5 Å². The van der Waals surface area contributed by atoms with Gasteiger partial charge in [-0.3, -0.25) is 14.4 Å². The van der Waals surface area contributed by atoms with Gasteiger partial charge < -0.3 is 4.74 Å². The number of nitrogens with zero attached hydrogens (tertiary/aromatic N) is 4. The molecule has 0 saturated carbocycles. The summed E-state index contributed by atoms with van der Waals surface area (Å²) in [7, 11) is 0. The maximum absolute atomic E-state index is 13.1. The largest absolute Gasteiger partial charge is 0.350 e. The molecule has 1 aromatic carbocycles. The summed E-state index contributed by atoms with van der Waals surface area (Å²) in [6, 6.07) is 7.62. The van der Waals surface area contributed by atoms with Crippen LogP contribution in [0, 0.1) is 20.8 Å². The number of aromatic nitrogens is 3. The van der Waals surface area contributed by atoms with Crippen LogP contribution in [0.3, 0.4) is 0 Å². The molecular weight excluding hydrogens is 486 g/mol. The smallest absolute Gasteiger partial charge is 0.246 e. The van der Waals surface area contributed by atoms with Crippen LogP contribution < -0.4 is 5.48 Å². The minimum Gasteiger partial charge on any atom is -0.350 e. The fraction of sp³-hybridized carbons (Fsp3) is 0.440. The van der Waals surface area contributed by atoms with Crippen molar-refractivity contribution in [3.8, 4) is 5.00 Å². The number of hydroxylamine groups is 1. The molecule has 0 spiro atoms. The van der Waals surface area contributed by atoms with Gasteiger partial charge in [-0.1, -0.05) is 23.7 Å². The maximum Gasteiger partial charge on any atom is 0.246 e. The molecule has 4 heterocycles. The monoisotopic (exact) mass is 513 g/mol. The Labute approximate surface area is 213 Å². The van der Waals surface area contributed by atoms with Gasteiger partial charge in [-0.05, 0) is 58.2 Å². The second-order valence-corrected chi connectivity index (χ2v) is 10.9. The summed E-state index contributed by atoms with van der Waals surface area (Å²) in [5.41, 5.74) is 5.47. The van der Waals surface area contributed by atoms with Crippen LogP contribution in [0.5, 0.6) is 0 Å². The third-order valence-corrected chi connectivity index (χ3v) is 7.98. The van der Waals surface area contributed by atoms with E-state index >= 15 is 0 Å². The van der Waals surface area contributed by atoms with E-state index in [1.165, 1.54) is 4.88 Å². The molecule has 1 unspecified atom stereocenters. The third kappa shape index (κ3) is 4.53. The number of rotatable bonds is 5. The number of nitrogens with one attached hydrogen (secondary N) is 1. The van der Waals surface area contributed by atoms with Crippen LogP contribution in [-0.4, -0.2) is 39.3 Å². The topological polar surface area (TPSA) is 90.6 Å². The Kier molecular flexibility index (Phi) is 6.52. The van der Waals surface area contributed by atoms with Gasteiger partial charge in [-0.25, -0.2) is 10.3 Å². The fourth-order valence-corrected chi connectivity index (χ4v) is 5.90. The van der Waals surface area contributed by atoms with E-state index in [4.69, 9.17) is 26.2 Å². The van der Waals surface area contributed by atoms with Crippen LogP contribution in [0.15, 0.2) is 29.3 Å². The molecule has 1 saturated heterocycles. The van der Waals surface area contributed by atoms with Gasteiger partial charge in [0, 0.05) is 34.1 Å². The molecule has 8 nitrogen and oxygen atoms in total. The van der Waals surface area contributed by atoms with Crippen molar-refractivity contribution >= 4 is 34.6 Å². The first-order chi connectivity index (χ1) is 16.8. The summed E-state index contributed by atoms with van der Waals surface area (Å²) in [6.45, 7) is 8.67. The Morgan fingerprint density at radius 1 is 1.26 bits per heavy atom. The maximum atomic E-state index is 13.1. The highest BCUT2D eigenvalue weighted by Gasteiger charge is 2.40. The number of hydrogen-bond donors (Lipinski definition) is 1. The molecule has 2 aliphatic rings. The number of amides is 1. The highest BCUT2D eigenvalue weighted by Crippen LogP contribution is 2.42. The molecule has 184 valence electrons. The first-order valence-corrected chi connectivity index (χ1v) is 12.9. The van der Waals surface area contributed by atoms with Crippen LogP contribution in [0.1, 0.15) is 65.8 Å². The Balaban J connectivity index is 1.58. The van der Waals surface area contributed by atoms with E-state index in [-0.39, 0.29) is 12.3 Å². The van der Waals surface area contributed by atoms with Gasteiger partial charge in [0.15, 0.2) is 12.1 Å². The third-order valence-electron chi connectivity index (χ3n) is 6.54. The van der Waals surface area contributed by atoms with E-state index < -0.39 is 11.8 Å². The lowest BCUT2D eigenvalue weighted by atomic mass is 9.95. The average Bonchev–Trinajstić information content (AvgIpc) is 3.34. The number of aliphatic imine (C=N–C) groups is 1. The molecule has 10 heteroatoms. The number of thiophene rings is 1. The first kappa shape index (κ1) is 24.1. The van der Waals surface area contributed by atoms with Crippen molar-refractivity contribution in [2.75, 3.05) is 6.61 Å². The standard InChI is InChI=1S/C25H28ClN5O3S/c1-14-15(2)35-23-21(14)22(17-8-10-18(26)11-9-17)27-25(4,24-29-28-16(3)31(23)24)13-19(32)30-34-20-7-5-6-12-33-20/h8-11,20H,5-7,12-13H2,1-4H3,(H,30,32)/t20?,25-/m0/s1. The fourth-order valence-electron chi connectivity index (χ4n) is 4.57. The van der Waals surface area contributed by atoms with E-state index in [1.807, 2.05) is 42.7 Å². The molecule has 1 N–H and O–H groups in total. The Bertz CT molecular complexity index is 1290. The number of hydrogen-bond acceptors (Lipinski definition) is 7. The number of fused-ring (bicyclic) bond motifs is 3. The molecule has 1 fully saturated rings. The summed E-state index contributed by atoms with van der Waals surface area (Å²) in [6.07, 6.45) is 2.37. The van der Waals surface area contributed by atoms with Crippen LogP contribution in [0.4, 0.5) is 0 Å². The molecule has 1 amide bonds. The zero-order valence-electron chi connectivity index (χ0n) is 20.2. The highest BCUT2D eigenvalue weighted by atomic mass is 35.5. The molecule has 0 radical (unpaired) electrons.